The topological polar surface area (TPSA) is 67.4 Å². The number of para-hydroxylation sites is 1. The molecule has 2 aromatic rings. The zero-order valence-corrected chi connectivity index (χ0v) is 14.2. The Morgan fingerprint density at radius 1 is 1.08 bits per heavy atom. The molecule has 0 radical (unpaired) electrons. The van der Waals surface area contributed by atoms with Gasteiger partial charge in [0.15, 0.2) is 0 Å². The van der Waals surface area contributed by atoms with E-state index in [0.29, 0.717) is 24.3 Å². The number of aryl methyl sites for hydroxylation is 1. The second-order valence-electron chi connectivity index (χ2n) is 6.04. The highest BCUT2D eigenvalue weighted by Crippen LogP contribution is 2.20. The number of carbonyl (C=O) groups excluding carboxylic acids is 2. The van der Waals surface area contributed by atoms with E-state index < -0.39 is 6.10 Å². The van der Waals surface area contributed by atoms with E-state index in [4.69, 9.17) is 4.74 Å². The molecule has 0 spiro atoms. The molecule has 5 heteroatoms. The summed E-state index contributed by atoms with van der Waals surface area (Å²) in [5.41, 5.74) is 2.85. The number of anilines is 2. The molecule has 1 aliphatic heterocycles. The SMILES string of the molecule is CCc1ccc(NC(=O)c2ccccc2NC(=O)[C@@H]2CCCO2)cc1. The van der Waals surface area contributed by atoms with Crippen LogP contribution in [0.3, 0.4) is 0 Å². The number of hydrogen-bond donors (Lipinski definition) is 2. The Morgan fingerprint density at radius 3 is 2.52 bits per heavy atom. The van der Waals surface area contributed by atoms with Crippen molar-refractivity contribution in [2.75, 3.05) is 17.2 Å². The number of hydrogen-bond acceptors (Lipinski definition) is 3. The van der Waals surface area contributed by atoms with Gasteiger partial charge in [0.2, 0.25) is 0 Å². The van der Waals surface area contributed by atoms with Crippen LogP contribution in [0.25, 0.3) is 0 Å². The van der Waals surface area contributed by atoms with Gasteiger partial charge in [-0.1, -0.05) is 31.2 Å². The van der Waals surface area contributed by atoms with Crippen LogP contribution >= 0.6 is 0 Å². The molecule has 0 aromatic heterocycles. The Hall–Kier alpha value is -2.66. The lowest BCUT2D eigenvalue weighted by Gasteiger charge is -2.14. The van der Waals surface area contributed by atoms with Crippen molar-refractivity contribution in [3.8, 4) is 0 Å². The zero-order valence-electron chi connectivity index (χ0n) is 14.2. The van der Waals surface area contributed by atoms with E-state index in [2.05, 4.69) is 17.6 Å². The number of amides is 2. The van der Waals surface area contributed by atoms with Gasteiger partial charge in [0.1, 0.15) is 6.10 Å². The van der Waals surface area contributed by atoms with E-state index >= 15 is 0 Å². The lowest BCUT2D eigenvalue weighted by molar-refractivity contribution is -0.124. The lowest BCUT2D eigenvalue weighted by Crippen LogP contribution is -2.28. The van der Waals surface area contributed by atoms with Gasteiger partial charge in [0, 0.05) is 12.3 Å². The van der Waals surface area contributed by atoms with Crippen LogP contribution < -0.4 is 10.6 Å². The van der Waals surface area contributed by atoms with Gasteiger partial charge in [0.25, 0.3) is 11.8 Å². The molecule has 0 unspecified atom stereocenters. The highest BCUT2D eigenvalue weighted by Gasteiger charge is 2.24. The van der Waals surface area contributed by atoms with Gasteiger partial charge in [-0.15, -0.1) is 0 Å². The van der Waals surface area contributed by atoms with Crippen LogP contribution in [0.1, 0.15) is 35.7 Å². The fourth-order valence-electron chi connectivity index (χ4n) is 2.81. The first-order valence-electron chi connectivity index (χ1n) is 8.59. The number of ether oxygens (including phenoxy) is 1. The van der Waals surface area contributed by atoms with E-state index in [-0.39, 0.29) is 11.8 Å². The standard InChI is InChI=1S/C20H22N2O3/c1-2-14-9-11-15(12-10-14)21-19(23)16-6-3-4-7-17(16)22-20(24)18-8-5-13-25-18/h3-4,6-7,9-12,18H,2,5,8,13H2,1H3,(H,21,23)(H,22,24)/t18-/m0/s1. The number of carbonyl (C=O) groups is 2. The summed E-state index contributed by atoms with van der Waals surface area (Å²) in [6, 6.07) is 14.7. The molecule has 0 bridgehead atoms. The second kappa shape index (κ2) is 7.94. The predicted molar refractivity (Wildman–Crippen MR) is 97.8 cm³/mol. The minimum atomic E-state index is -0.433. The van der Waals surface area contributed by atoms with E-state index in [9.17, 15) is 9.59 Å². The van der Waals surface area contributed by atoms with Crippen molar-refractivity contribution >= 4 is 23.2 Å². The minimum absolute atomic E-state index is 0.204. The quantitative estimate of drug-likeness (QED) is 0.875. The molecule has 130 valence electrons. The number of rotatable bonds is 5. The third kappa shape index (κ3) is 4.25. The van der Waals surface area contributed by atoms with Crippen molar-refractivity contribution in [1.29, 1.82) is 0 Å². The van der Waals surface area contributed by atoms with Crippen molar-refractivity contribution < 1.29 is 14.3 Å². The number of benzene rings is 2. The van der Waals surface area contributed by atoms with Crippen LogP contribution in [0.4, 0.5) is 11.4 Å². The molecule has 2 N–H and O–H groups in total. The first-order valence-corrected chi connectivity index (χ1v) is 8.59. The Kier molecular flexibility index (Phi) is 5.46. The highest BCUT2D eigenvalue weighted by molar-refractivity contribution is 6.10. The maximum Gasteiger partial charge on any atom is 0.257 e. The molecule has 3 rings (SSSR count). The van der Waals surface area contributed by atoms with E-state index in [1.165, 1.54) is 5.56 Å². The molecular formula is C20H22N2O3. The molecule has 2 amide bonds. The van der Waals surface area contributed by atoms with Gasteiger partial charge in [0.05, 0.1) is 11.3 Å². The third-order valence-electron chi connectivity index (χ3n) is 4.27. The van der Waals surface area contributed by atoms with E-state index in [1.54, 1.807) is 24.3 Å². The van der Waals surface area contributed by atoms with Crippen LogP contribution in [0.5, 0.6) is 0 Å². The maximum absolute atomic E-state index is 12.6. The van der Waals surface area contributed by atoms with Crippen LogP contribution in [-0.4, -0.2) is 24.5 Å². The molecule has 25 heavy (non-hydrogen) atoms. The van der Waals surface area contributed by atoms with Gasteiger partial charge in [-0.25, -0.2) is 0 Å². The molecule has 1 saturated heterocycles. The second-order valence-corrected chi connectivity index (χ2v) is 6.04. The van der Waals surface area contributed by atoms with Crippen LogP contribution in [0.15, 0.2) is 48.5 Å². The monoisotopic (exact) mass is 338 g/mol. The Labute approximate surface area is 147 Å². The summed E-state index contributed by atoms with van der Waals surface area (Å²) in [6.07, 6.45) is 2.11. The van der Waals surface area contributed by atoms with Crippen molar-refractivity contribution in [2.24, 2.45) is 0 Å². The Bertz CT molecular complexity index is 750. The molecule has 1 aliphatic rings. The molecule has 1 fully saturated rings. The van der Waals surface area contributed by atoms with Crippen molar-refractivity contribution in [2.45, 2.75) is 32.3 Å². The number of nitrogens with one attached hydrogen (secondary N) is 2. The Balaban J connectivity index is 1.72. The summed E-state index contributed by atoms with van der Waals surface area (Å²) in [6.45, 7) is 2.69. The fraction of sp³-hybridized carbons (Fsp3) is 0.300. The van der Waals surface area contributed by atoms with Crippen LogP contribution in [0.2, 0.25) is 0 Å². The summed E-state index contributed by atoms with van der Waals surface area (Å²) in [5, 5.41) is 5.68. The molecule has 5 nitrogen and oxygen atoms in total. The van der Waals surface area contributed by atoms with Gasteiger partial charge in [-0.05, 0) is 49.1 Å². The minimum Gasteiger partial charge on any atom is -0.368 e. The molecular weight excluding hydrogens is 316 g/mol. The summed E-state index contributed by atoms with van der Waals surface area (Å²) < 4.78 is 5.39. The summed E-state index contributed by atoms with van der Waals surface area (Å²) in [7, 11) is 0. The summed E-state index contributed by atoms with van der Waals surface area (Å²) >= 11 is 0. The fourth-order valence-corrected chi connectivity index (χ4v) is 2.81. The third-order valence-corrected chi connectivity index (χ3v) is 4.27. The van der Waals surface area contributed by atoms with Gasteiger partial charge in [-0.2, -0.15) is 0 Å². The molecule has 2 aromatic carbocycles. The van der Waals surface area contributed by atoms with Crippen LogP contribution in [0, 0.1) is 0 Å². The van der Waals surface area contributed by atoms with Crippen molar-refractivity contribution in [3.63, 3.8) is 0 Å². The predicted octanol–water partition coefficient (Wildman–Crippen LogP) is 3.62. The normalized spacial score (nSPS) is 16.4. The Morgan fingerprint density at radius 2 is 1.84 bits per heavy atom. The first kappa shape index (κ1) is 17.2. The van der Waals surface area contributed by atoms with Gasteiger partial charge < -0.3 is 15.4 Å². The van der Waals surface area contributed by atoms with Gasteiger partial charge in [-0.3, -0.25) is 9.59 Å². The summed E-state index contributed by atoms with van der Waals surface area (Å²) in [4.78, 5) is 24.8. The largest absolute Gasteiger partial charge is 0.368 e. The first-order chi connectivity index (χ1) is 12.2. The van der Waals surface area contributed by atoms with Gasteiger partial charge >= 0.3 is 0 Å². The molecule has 0 saturated carbocycles. The smallest absolute Gasteiger partial charge is 0.257 e. The summed E-state index contributed by atoms with van der Waals surface area (Å²) in [5.74, 6) is -0.461. The molecule has 1 heterocycles. The molecule has 1 atom stereocenters. The maximum atomic E-state index is 12.6. The molecule has 0 aliphatic carbocycles. The average Bonchev–Trinajstić information content (AvgIpc) is 3.17. The zero-order chi connectivity index (χ0) is 17.6. The van der Waals surface area contributed by atoms with E-state index in [0.717, 1.165) is 18.5 Å². The lowest BCUT2D eigenvalue weighted by atomic mass is 10.1. The van der Waals surface area contributed by atoms with Crippen molar-refractivity contribution in [3.05, 3.63) is 59.7 Å². The van der Waals surface area contributed by atoms with E-state index in [1.807, 2.05) is 24.3 Å². The highest BCUT2D eigenvalue weighted by atomic mass is 16.5. The van der Waals surface area contributed by atoms with Crippen LogP contribution in [-0.2, 0) is 16.0 Å². The van der Waals surface area contributed by atoms with Crippen molar-refractivity contribution in [1.82, 2.24) is 0 Å². The average molecular weight is 338 g/mol.